The number of hydrogen-bond donors (Lipinski definition) is 2. The number of rotatable bonds is 3. The molecular weight excluding hydrogens is 184 g/mol. The smallest absolute Gasteiger partial charge is 0.238 e. The third-order valence-electron chi connectivity index (χ3n) is 2.73. The van der Waals surface area contributed by atoms with Crippen molar-refractivity contribution in [2.45, 2.75) is 31.8 Å². The van der Waals surface area contributed by atoms with Crippen LogP contribution in [0.2, 0.25) is 0 Å². The number of thioether (sulfide) groups is 1. The van der Waals surface area contributed by atoms with Gasteiger partial charge in [-0.1, -0.05) is 0 Å². The Morgan fingerprint density at radius 2 is 2.38 bits per heavy atom. The zero-order valence-electron chi connectivity index (χ0n) is 7.88. The van der Waals surface area contributed by atoms with E-state index in [4.69, 9.17) is 0 Å². The molecule has 1 aliphatic heterocycles. The SMILES string of the molecule is CC(NC(=O)C1CSCN1)C1CC1. The fraction of sp³-hybridized carbons (Fsp3) is 0.889. The topological polar surface area (TPSA) is 41.1 Å². The van der Waals surface area contributed by atoms with Crippen molar-refractivity contribution < 1.29 is 4.79 Å². The Balaban J connectivity index is 1.76. The van der Waals surface area contributed by atoms with Crippen molar-refractivity contribution in [2.24, 2.45) is 5.92 Å². The molecule has 0 spiro atoms. The average molecular weight is 200 g/mol. The molecule has 1 saturated heterocycles. The number of carbonyl (C=O) groups excluding carboxylic acids is 1. The summed E-state index contributed by atoms with van der Waals surface area (Å²) in [4.78, 5) is 11.6. The molecule has 2 unspecified atom stereocenters. The molecule has 1 aliphatic carbocycles. The van der Waals surface area contributed by atoms with Crippen molar-refractivity contribution in [1.29, 1.82) is 0 Å². The maximum Gasteiger partial charge on any atom is 0.238 e. The molecular formula is C9H16N2OS. The summed E-state index contributed by atoms with van der Waals surface area (Å²) in [6.45, 7) is 2.11. The van der Waals surface area contributed by atoms with Crippen molar-refractivity contribution in [3.05, 3.63) is 0 Å². The van der Waals surface area contributed by atoms with Crippen molar-refractivity contribution in [3.8, 4) is 0 Å². The van der Waals surface area contributed by atoms with E-state index in [1.54, 1.807) is 11.8 Å². The van der Waals surface area contributed by atoms with Crippen LogP contribution in [0.4, 0.5) is 0 Å². The number of amides is 1. The van der Waals surface area contributed by atoms with E-state index >= 15 is 0 Å². The first-order valence-corrected chi connectivity index (χ1v) is 6.04. The average Bonchev–Trinajstić information content (AvgIpc) is 2.81. The van der Waals surface area contributed by atoms with E-state index in [-0.39, 0.29) is 11.9 Å². The molecule has 0 aromatic heterocycles. The lowest BCUT2D eigenvalue weighted by Crippen LogP contribution is -2.46. The number of hydrogen-bond acceptors (Lipinski definition) is 3. The maximum atomic E-state index is 11.6. The summed E-state index contributed by atoms with van der Waals surface area (Å²) in [5.41, 5.74) is 0. The molecule has 2 N–H and O–H groups in total. The van der Waals surface area contributed by atoms with E-state index in [2.05, 4.69) is 17.6 Å². The summed E-state index contributed by atoms with van der Waals surface area (Å²) in [5, 5.41) is 6.24. The molecule has 1 heterocycles. The minimum atomic E-state index is 0.0474. The van der Waals surface area contributed by atoms with Crippen LogP contribution in [0.15, 0.2) is 0 Å². The van der Waals surface area contributed by atoms with Crippen LogP contribution in [0.5, 0.6) is 0 Å². The minimum absolute atomic E-state index is 0.0474. The Morgan fingerprint density at radius 1 is 1.62 bits per heavy atom. The summed E-state index contributed by atoms with van der Waals surface area (Å²) in [5.74, 6) is 2.77. The van der Waals surface area contributed by atoms with Gasteiger partial charge in [0, 0.05) is 17.7 Å². The predicted octanol–water partition coefficient (Wildman–Crippen LogP) is 0.564. The van der Waals surface area contributed by atoms with E-state index in [0.717, 1.165) is 17.5 Å². The summed E-state index contributed by atoms with van der Waals surface area (Å²) in [6, 6.07) is 0.422. The third kappa shape index (κ3) is 2.38. The molecule has 1 amide bonds. The normalized spacial score (nSPS) is 30.1. The molecule has 0 bridgehead atoms. The molecule has 0 aromatic carbocycles. The monoisotopic (exact) mass is 200 g/mol. The van der Waals surface area contributed by atoms with Crippen LogP contribution in [0, 0.1) is 5.92 Å². The van der Waals surface area contributed by atoms with Crippen LogP contribution in [-0.2, 0) is 4.79 Å². The Bertz CT molecular complexity index is 200. The lowest BCUT2D eigenvalue weighted by Gasteiger charge is -2.15. The lowest BCUT2D eigenvalue weighted by atomic mass is 10.2. The number of nitrogens with one attached hydrogen (secondary N) is 2. The fourth-order valence-corrected chi connectivity index (χ4v) is 2.54. The standard InChI is InChI=1S/C9H16N2OS/c1-6(7-2-3-7)11-9(12)8-4-13-5-10-8/h6-8,10H,2-5H2,1H3,(H,11,12). The fourth-order valence-electron chi connectivity index (χ4n) is 1.60. The Morgan fingerprint density at radius 3 is 2.92 bits per heavy atom. The highest BCUT2D eigenvalue weighted by atomic mass is 32.2. The van der Waals surface area contributed by atoms with Crippen LogP contribution in [0.25, 0.3) is 0 Å². The molecule has 2 rings (SSSR count). The highest BCUT2D eigenvalue weighted by Crippen LogP contribution is 2.32. The molecule has 13 heavy (non-hydrogen) atoms. The summed E-state index contributed by atoms with van der Waals surface area (Å²) in [7, 11) is 0. The third-order valence-corrected chi connectivity index (χ3v) is 3.67. The van der Waals surface area contributed by atoms with Gasteiger partial charge in [-0.15, -0.1) is 11.8 Å². The minimum Gasteiger partial charge on any atom is -0.352 e. The quantitative estimate of drug-likeness (QED) is 0.699. The highest BCUT2D eigenvalue weighted by molar-refractivity contribution is 7.99. The van der Waals surface area contributed by atoms with Crippen molar-refractivity contribution >= 4 is 17.7 Å². The van der Waals surface area contributed by atoms with E-state index < -0.39 is 0 Å². The second-order valence-corrected chi connectivity index (χ2v) is 4.94. The van der Waals surface area contributed by atoms with Crippen LogP contribution < -0.4 is 10.6 Å². The van der Waals surface area contributed by atoms with E-state index in [1.807, 2.05) is 0 Å². The van der Waals surface area contributed by atoms with Crippen LogP contribution in [-0.4, -0.2) is 29.6 Å². The van der Waals surface area contributed by atoms with Crippen molar-refractivity contribution in [3.63, 3.8) is 0 Å². The van der Waals surface area contributed by atoms with Gasteiger partial charge in [-0.25, -0.2) is 0 Å². The Kier molecular flexibility index (Phi) is 2.79. The summed E-state index contributed by atoms with van der Waals surface area (Å²) < 4.78 is 0. The van der Waals surface area contributed by atoms with E-state index in [1.165, 1.54) is 12.8 Å². The molecule has 2 aliphatic rings. The van der Waals surface area contributed by atoms with Crippen LogP contribution in [0.3, 0.4) is 0 Å². The molecule has 4 heteroatoms. The molecule has 2 atom stereocenters. The van der Waals surface area contributed by atoms with Gasteiger partial charge in [0.15, 0.2) is 0 Å². The van der Waals surface area contributed by atoms with Gasteiger partial charge in [0.2, 0.25) is 5.91 Å². The molecule has 3 nitrogen and oxygen atoms in total. The lowest BCUT2D eigenvalue weighted by molar-refractivity contribution is -0.123. The van der Waals surface area contributed by atoms with Gasteiger partial charge in [-0.05, 0) is 25.7 Å². The van der Waals surface area contributed by atoms with Crippen LogP contribution in [0.1, 0.15) is 19.8 Å². The van der Waals surface area contributed by atoms with Gasteiger partial charge in [0.25, 0.3) is 0 Å². The molecule has 74 valence electrons. The maximum absolute atomic E-state index is 11.6. The first-order valence-electron chi connectivity index (χ1n) is 4.89. The molecule has 2 fully saturated rings. The number of carbonyl (C=O) groups is 1. The van der Waals surface area contributed by atoms with Gasteiger partial charge < -0.3 is 5.32 Å². The van der Waals surface area contributed by atoms with Gasteiger partial charge in [-0.2, -0.15) is 0 Å². The molecule has 1 saturated carbocycles. The zero-order valence-corrected chi connectivity index (χ0v) is 8.69. The predicted molar refractivity (Wildman–Crippen MR) is 54.6 cm³/mol. The second kappa shape index (κ2) is 3.88. The van der Waals surface area contributed by atoms with Gasteiger partial charge in [-0.3, -0.25) is 10.1 Å². The highest BCUT2D eigenvalue weighted by Gasteiger charge is 2.31. The van der Waals surface area contributed by atoms with Gasteiger partial charge in [0.05, 0.1) is 6.04 Å². The molecule has 0 aromatic rings. The summed E-state index contributed by atoms with van der Waals surface area (Å²) in [6.07, 6.45) is 2.57. The first-order chi connectivity index (χ1) is 6.27. The van der Waals surface area contributed by atoms with Gasteiger partial charge in [0.1, 0.15) is 0 Å². The summed E-state index contributed by atoms with van der Waals surface area (Å²) >= 11 is 1.79. The largest absolute Gasteiger partial charge is 0.352 e. The van der Waals surface area contributed by atoms with Crippen molar-refractivity contribution in [1.82, 2.24) is 10.6 Å². The Labute approximate surface area is 83.0 Å². The van der Waals surface area contributed by atoms with Crippen molar-refractivity contribution in [2.75, 3.05) is 11.6 Å². The van der Waals surface area contributed by atoms with Crippen LogP contribution >= 0.6 is 11.8 Å². The second-order valence-electron chi connectivity index (χ2n) is 3.91. The van der Waals surface area contributed by atoms with E-state index in [9.17, 15) is 4.79 Å². The first kappa shape index (κ1) is 9.34. The molecule has 0 radical (unpaired) electrons. The van der Waals surface area contributed by atoms with Gasteiger partial charge >= 0.3 is 0 Å². The van der Waals surface area contributed by atoms with E-state index in [0.29, 0.717) is 6.04 Å². The zero-order chi connectivity index (χ0) is 9.26. The Hall–Kier alpha value is -0.220.